The third-order valence-electron chi connectivity index (χ3n) is 2.86. The number of fused-ring (bicyclic) bond motifs is 1. The Balaban J connectivity index is 1.76. The summed E-state index contributed by atoms with van der Waals surface area (Å²) in [7, 11) is 0. The van der Waals surface area contributed by atoms with Gasteiger partial charge in [0, 0.05) is 0 Å². The van der Waals surface area contributed by atoms with E-state index < -0.39 is 0 Å². The molecule has 1 heterocycles. The van der Waals surface area contributed by atoms with E-state index in [1.54, 1.807) is 29.7 Å². The van der Waals surface area contributed by atoms with Crippen LogP contribution in [0.15, 0.2) is 47.6 Å². The molecule has 3 rings (SSSR count). The average molecular weight is 285 g/mol. The summed E-state index contributed by atoms with van der Waals surface area (Å²) in [5.41, 5.74) is 5.91. The first-order chi connectivity index (χ1) is 9.72. The van der Waals surface area contributed by atoms with Crippen molar-refractivity contribution in [1.29, 1.82) is 0 Å². The Morgan fingerprint density at radius 1 is 1.20 bits per heavy atom. The fraction of sp³-hybridized carbons (Fsp3) is 0.0667. The van der Waals surface area contributed by atoms with Gasteiger partial charge in [-0.2, -0.15) is 5.10 Å². The summed E-state index contributed by atoms with van der Waals surface area (Å²) in [6.07, 6.45) is 1.64. The highest BCUT2D eigenvalue weighted by Gasteiger charge is 2.04. The predicted octanol–water partition coefficient (Wildman–Crippen LogP) is 4.19. The van der Waals surface area contributed by atoms with Crippen molar-refractivity contribution in [2.75, 3.05) is 5.43 Å². The molecule has 0 atom stereocenters. The summed E-state index contributed by atoms with van der Waals surface area (Å²) in [6.45, 7) is 2.06. The highest BCUT2D eigenvalue weighted by atomic mass is 32.1. The average Bonchev–Trinajstić information content (AvgIpc) is 2.85. The lowest BCUT2D eigenvalue weighted by Gasteiger charge is -1.94. The SMILES string of the molecule is Cc1cccc2nc(N/N=C/c3ccc(F)cc3)sc12. The van der Waals surface area contributed by atoms with E-state index in [1.165, 1.54) is 17.7 Å². The Bertz CT molecular complexity index is 762. The zero-order chi connectivity index (χ0) is 13.9. The van der Waals surface area contributed by atoms with Gasteiger partial charge in [0.1, 0.15) is 5.82 Å². The van der Waals surface area contributed by atoms with Gasteiger partial charge >= 0.3 is 0 Å². The van der Waals surface area contributed by atoms with Crippen LogP contribution in [0, 0.1) is 12.7 Å². The number of hydrazone groups is 1. The second-order valence-corrected chi connectivity index (χ2v) is 5.36. The third-order valence-corrected chi connectivity index (χ3v) is 3.97. The van der Waals surface area contributed by atoms with Crippen LogP contribution in [0.2, 0.25) is 0 Å². The number of nitrogens with one attached hydrogen (secondary N) is 1. The van der Waals surface area contributed by atoms with Crippen molar-refractivity contribution in [2.45, 2.75) is 6.92 Å². The molecule has 1 N–H and O–H groups in total. The summed E-state index contributed by atoms with van der Waals surface area (Å²) >= 11 is 1.57. The Labute approximate surface area is 119 Å². The van der Waals surface area contributed by atoms with Crippen molar-refractivity contribution in [3.8, 4) is 0 Å². The van der Waals surface area contributed by atoms with Gasteiger partial charge in [-0.15, -0.1) is 0 Å². The van der Waals surface area contributed by atoms with Crippen LogP contribution in [-0.4, -0.2) is 11.2 Å². The molecule has 20 heavy (non-hydrogen) atoms. The molecule has 3 nitrogen and oxygen atoms in total. The van der Waals surface area contributed by atoms with Gasteiger partial charge in [-0.05, 0) is 36.2 Å². The maximum absolute atomic E-state index is 12.8. The Kier molecular flexibility index (Phi) is 3.43. The van der Waals surface area contributed by atoms with E-state index in [0.717, 1.165) is 20.9 Å². The van der Waals surface area contributed by atoms with Crippen LogP contribution in [0.1, 0.15) is 11.1 Å². The van der Waals surface area contributed by atoms with Gasteiger partial charge in [-0.25, -0.2) is 9.37 Å². The van der Waals surface area contributed by atoms with Crippen molar-refractivity contribution in [1.82, 2.24) is 4.98 Å². The number of hydrogen-bond acceptors (Lipinski definition) is 4. The van der Waals surface area contributed by atoms with Crippen LogP contribution in [0.3, 0.4) is 0 Å². The van der Waals surface area contributed by atoms with Gasteiger partial charge in [-0.1, -0.05) is 35.6 Å². The van der Waals surface area contributed by atoms with E-state index in [0.29, 0.717) is 0 Å². The molecule has 0 fully saturated rings. The first-order valence-electron chi connectivity index (χ1n) is 6.13. The first kappa shape index (κ1) is 12.7. The number of anilines is 1. The van der Waals surface area contributed by atoms with Crippen LogP contribution < -0.4 is 5.43 Å². The van der Waals surface area contributed by atoms with Gasteiger partial charge in [0.15, 0.2) is 0 Å². The fourth-order valence-electron chi connectivity index (χ4n) is 1.85. The molecular formula is C15H12FN3S. The second kappa shape index (κ2) is 5.38. The van der Waals surface area contributed by atoms with E-state index in [1.807, 2.05) is 12.1 Å². The number of aryl methyl sites for hydroxylation is 1. The second-order valence-electron chi connectivity index (χ2n) is 4.36. The Morgan fingerprint density at radius 3 is 2.75 bits per heavy atom. The topological polar surface area (TPSA) is 37.3 Å². The molecule has 5 heteroatoms. The molecule has 0 spiro atoms. The van der Waals surface area contributed by atoms with E-state index in [2.05, 4.69) is 28.5 Å². The van der Waals surface area contributed by atoms with Crippen molar-refractivity contribution >= 4 is 32.9 Å². The minimum atomic E-state index is -0.253. The van der Waals surface area contributed by atoms with Gasteiger partial charge in [0.2, 0.25) is 5.13 Å². The molecule has 0 aliphatic carbocycles. The normalized spacial score (nSPS) is 11.3. The Hall–Kier alpha value is -2.27. The van der Waals surface area contributed by atoms with Gasteiger partial charge in [0.25, 0.3) is 0 Å². The van der Waals surface area contributed by atoms with E-state index in [4.69, 9.17) is 0 Å². The number of rotatable bonds is 3. The largest absolute Gasteiger partial charge is 0.253 e. The van der Waals surface area contributed by atoms with Crippen molar-refractivity contribution in [3.05, 3.63) is 59.4 Å². The van der Waals surface area contributed by atoms with Crippen molar-refractivity contribution in [2.24, 2.45) is 5.10 Å². The summed E-state index contributed by atoms with van der Waals surface area (Å²) in [5.74, 6) is -0.253. The van der Waals surface area contributed by atoms with E-state index >= 15 is 0 Å². The summed E-state index contributed by atoms with van der Waals surface area (Å²) in [5, 5.41) is 4.86. The highest BCUT2D eigenvalue weighted by Crippen LogP contribution is 2.28. The summed E-state index contributed by atoms with van der Waals surface area (Å²) in [6, 6.07) is 12.2. The molecule has 0 saturated heterocycles. The zero-order valence-corrected chi connectivity index (χ0v) is 11.6. The van der Waals surface area contributed by atoms with Gasteiger partial charge in [-0.3, -0.25) is 5.43 Å². The standard InChI is InChI=1S/C15H12FN3S/c1-10-3-2-4-13-14(10)20-15(18-13)19-17-9-11-5-7-12(16)8-6-11/h2-9H,1H3,(H,18,19)/b17-9+. The lowest BCUT2D eigenvalue weighted by atomic mass is 10.2. The number of aromatic nitrogens is 1. The quantitative estimate of drug-likeness (QED) is 0.578. The molecule has 0 saturated carbocycles. The number of nitrogens with zero attached hydrogens (tertiary/aromatic N) is 2. The number of hydrogen-bond donors (Lipinski definition) is 1. The first-order valence-corrected chi connectivity index (χ1v) is 6.95. The zero-order valence-electron chi connectivity index (χ0n) is 10.8. The van der Waals surface area contributed by atoms with Gasteiger partial charge in [0.05, 0.1) is 16.4 Å². The van der Waals surface area contributed by atoms with Crippen LogP contribution in [0.25, 0.3) is 10.2 Å². The van der Waals surface area contributed by atoms with Gasteiger partial charge < -0.3 is 0 Å². The maximum atomic E-state index is 12.8. The third kappa shape index (κ3) is 2.67. The number of halogens is 1. The lowest BCUT2D eigenvalue weighted by Crippen LogP contribution is -1.89. The van der Waals surface area contributed by atoms with E-state index in [-0.39, 0.29) is 5.82 Å². The van der Waals surface area contributed by atoms with Crippen molar-refractivity contribution < 1.29 is 4.39 Å². The molecule has 0 bridgehead atoms. The maximum Gasteiger partial charge on any atom is 0.204 e. The molecule has 0 radical (unpaired) electrons. The minimum absolute atomic E-state index is 0.253. The summed E-state index contributed by atoms with van der Waals surface area (Å²) in [4.78, 5) is 4.45. The minimum Gasteiger partial charge on any atom is -0.253 e. The molecule has 1 aromatic heterocycles. The molecule has 3 aromatic rings. The number of thiazole rings is 1. The molecular weight excluding hydrogens is 273 g/mol. The summed E-state index contributed by atoms with van der Waals surface area (Å²) < 4.78 is 13.9. The molecule has 0 aliphatic rings. The monoisotopic (exact) mass is 285 g/mol. The molecule has 100 valence electrons. The lowest BCUT2D eigenvalue weighted by molar-refractivity contribution is 0.628. The predicted molar refractivity (Wildman–Crippen MR) is 82.0 cm³/mol. The van der Waals surface area contributed by atoms with Crippen LogP contribution in [0.5, 0.6) is 0 Å². The molecule has 0 unspecified atom stereocenters. The number of benzene rings is 2. The fourth-order valence-corrected chi connectivity index (χ4v) is 2.73. The Morgan fingerprint density at radius 2 is 2.00 bits per heavy atom. The highest BCUT2D eigenvalue weighted by molar-refractivity contribution is 7.22. The smallest absolute Gasteiger partial charge is 0.204 e. The van der Waals surface area contributed by atoms with Crippen molar-refractivity contribution in [3.63, 3.8) is 0 Å². The van der Waals surface area contributed by atoms with Crippen LogP contribution in [-0.2, 0) is 0 Å². The van der Waals surface area contributed by atoms with E-state index in [9.17, 15) is 4.39 Å². The molecule has 2 aromatic carbocycles. The molecule has 0 amide bonds. The van der Waals surface area contributed by atoms with Crippen LogP contribution >= 0.6 is 11.3 Å². The molecule has 0 aliphatic heterocycles. The van der Waals surface area contributed by atoms with Crippen LogP contribution in [0.4, 0.5) is 9.52 Å².